The summed E-state index contributed by atoms with van der Waals surface area (Å²) in [5.41, 5.74) is 2.78. The van der Waals surface area contributed by atoms with Crippen molar-refractivity contribution >= 4 is 0 Å². The Hall–Kier alpha value is -0.800. The number of nitrogens with zero attached hydrogens (tertiary/aromatic N) is 2. The molecule has 17 heavy (non-hydrogen) atoms. The van der Waals surface area contributed by atoms with Crippen molar-refractivity contribution in [1.82, 2.24) is 14.8 Å². The zero-order chi connectivity index (χ0) is 11.5. The molecule has 1 aromatic heterocycles. The van der Waals surface area contributed by atoms with Crippen LogP contribution in [0.3, 0.4) is 0 Å². The fraction of sp³-hybridized carbons (Fsp3) is 0.714. The number of nitrogens with one attached hydrogen (secondary N) is 1. The van der Waals surface area contributed by atoms with Crippen LogP contribution < -0.4 is 0 Å². The van der Waals surface area contributed by atoms with Crippen LogP contribution in [0.1, 0.15) is 37.1 Å². The molecular weight excluding hydrogens is 210 g/mol. The average Bonchev–Trinajstić information content (AvgIpc) is 3.02. The summed E-state index contributed by atoms with van der Waals surface area (Å²) in [6, 6.07) is 4.54. The van der Waals surface area contributed by atoms with Gasteiger partial charge in [0.15, 0.2) is 0 Å². The van der Waals surface area contributed by atoms with E-state index < -0.39 is 0 Å². The van der Waals surface area contributed by atoms with Crippen LogP contribution in [-0.4, -0.2) is 41.0 Å². The molecule has 0 aliphatic carbocycles. The fourth-order valence-electron chi connectivity index (χ4n) is 3.04. The van der Waals surface area contributed by atoms with Gasteiger partial charge in [-0.2, -0.15) is 0 Å². The Morgan fingerprint density at radius 2 is 1.18 bits per heavy atom. The van der Waals surface area contributed by atoms with Gasteiger partial charge in [-0.1, -0.05) is 0 Å². The number of aromatic nitrogens is 1. The van der Waals surface area contributed by atoms with Crippen molar-refractivity contribution in [3.8, 4) is 0 Å². The fourth-order valence-corrected chi connectivity index (χ4v) is 3.04. The summed E-state index contributed by atoms with van der Waals surface area (Å²) in [5, 5.41) is 0. The van der Waals surface area contributed by atoms with Gasteiger partial charge >= 0.3 is 0 Å². The molecule has 3 nitrogen and oxygen atoms in total. The van der Waals surface area contributed by atoms with Crippen LogP contribution in [0.15, 0.2) is 12.1 Å². The van der Waals surface area contributed by atoms with E-state index in [0.717, 1.165) is 13.1 Å². The Kier molecular flexibility index (Phi) is 3.48. The van der Waals surface area contributed by atoms with E-state index in [1.807, 2.05) is 0 Å². The van der Waals surface area contributed by atoms with Crippen LogP contribution in [0, 0.1) is 0 Å². The third-order valence-corrected chi connectivity index (χ3v) is 3.99. The van der Waals surface area contributed by atoms with E-state index >= 15 is 0 Å². The normalized spacial score (nSPS) is 22.6. The monoisotopic (exact) mass is 233 g/mol. The Labute approximate surface area is 104 Å². The van der Waals surface area contributed by atoms with Crippen LogP contribution in [0.25, 0.3) is 0 Å². The first-order valence-corrected chi connectivity index (χ1v) is 7.02. The van der Waals surface area contributed by atoms with Crippen LogP contribution in [0.2, 0.25) is 0 Å². The predicted octanol–water partition coefficient (Wildman–Crippen LogP) is 2.21. The highest BCUT2D eigenvalue weighted by molar-refractivity contribution is 5.13. The lowest BCUT2D eigenvalue weighted by Gasteiger charge is -2.14. The minimum Gasteiger partial charge on any atom is -0.360 e. The van der Waals surface area contributed by atoms with Gasteiger partial charge in [-0.05, 0) is 64.0 Å². The van der Waals surface area contributed by atoms with Crippen LogP contribution in [0.4, 0.5) is 0 Å². The topological polar surface area (TPSA) is 22.3 Å². The molecule has 1 N–H and O–H groups in total. The molecular formula is C14H23N3. The van der Waals surface area contributed by atoms with Gasteiger partial charge in [0, 0.05) is 24.5 Å². The Bertz CT molecular complexity index is 314. The minimum atomic E-state index is 1.11. The molecule has 0 radical (unpaired) electrons. The molecule has 1 aromatic rings. The van der Waals surface area contributed by atoms with Gasteiger partial charge in [0.2, 0.25) is 0 Å². The van der Waals surface area contributed by atoms with E-state index in [1.165, 1.54) is 63.3 Å². The largest absolute Gasteiger partial charge is 0.360 e. The Morgan fingerprint density at radius 3 is 1.59 bits per heavy atom. The van der Waals surface area contributed by atoms with Crippen LogP contribution in [-0.2, 0) is 13.1 Å². The van der Waals surface area contributed by atoms with Gasteiger partial charge in [-0.15, -0.1) is 0 Å². The van der Waals surface area contributed by atoms with Crippen molar-refractivity contribution in [3.63, 3.8) is 0 Å². The molecule has 0 amide bonds. The molecule has 0 bridgehead atoms. The summed E-state index contributed by atoms with van der Waals surface area (Å²) in [6.45, 7) is 7.34. The zero-order valence-electron chi connectivity index (χ0n) is 10.6. The van der Waals surface area contributed by atoms with E-state index in [9.17, 15) is 0 Å². The van der Waals surface area contributed by atoms with Crippen molar-refractivity contribution in [2.24, 2.45) is 0 Å². The smallest absolute Gasteiger partial charge is 0.0385 e. The third kappa shape index (κ3) is 2.90. The third-order valence-electron chi connectivity index (χ3n) is 3.99. The highest BCUT2D eigenvalue weighted by atomic mass is 15.2. The summed E-state index contributed by atoms with van der Waals surface area (Å²) in [7, 11) is 0. The number of hydrogen-bond acceptors (Lipinski definition) is 2. The zero-order valence-corrected chi connectivity index (χ0v) is 10.6. The molecule has 0 spiro atoms. The molecule has 2 saturated heterocycles. The maximum Gasteiger partial charge on any atom is 0.0385 e. The number of H-pyrrole nitrogens is 1. The summed E-state index contributed by atoms with van der Waals surface area (Å²) in [6.07, 6.45) is 5.51. The number of rotatable bonds is 4. The lowest BCUT2D eigenvalue weighted by molar-refractivity contribution is 0.320. The average molecular weight is 233 g/mol. The van der Waals surface area contributed by atoms with Crippen molar-refractivity contribution in [1.29, 1.82) is 0 Å². The second kappa shape index (κ2) is 5.23. The van der Waals surface area contributed by atoms with E-state index in [4.69, 9.17) is 0 Å². The Balaban J connectivity index is 1.54. The highest BCUT2D eigenvalue weighted by Crippen LogP contribution is 2.15. The first-order valence-electron chi connectivity index (χ1n) is 7.02. The molecule has 2 fully saturated rings. The van der Waals surface area contributed by atoms with Crippen molar-refractivity contribution in [2.45, 2.75) is 38.8 Å². The summed E-state index contributed by atoms with van der Waals surface area (Å²) in [4.78, 5) is 8.68. The lowest BCUT2D eigenvalue weighted by atomic mass is 10.4. The molecule has 94 valence electrons. The van der Waals surface area contributed by atoms with Gasteiger partial charge in [-0.3, -0.25) is 9.80 Å². The van der Waals surface area contributed by atoms with E-state index in [0.29, 0.717) is 0 Å². The highest BCUT2D eigenvalue weighted by Gasteiger charge is 2.14. The maximum atomic E-state index is 3.58. The van der Waals surface area contributed by atoms with E-state index in [-0.39, 0.29) is 0 Å². The first kappa shape index (κ1) is 11.3. The second-order valence-corrected chi connectivity index (χ2v) is 5.48. The Morgan fingerprint density at radius 1 is 0.765 bits per heavy atom. The summed E-state index contributed by atoms with van der Waals surface area (Å²) >= 11 is 0. The minimum absolute atomic E-state index is 1.11. The van der Waals surface area contributed by atoms with Crippen molar-refractivity contribution in [2.75, 3.05) is 26.2 Å². The summed E-state index contributed by atoms with van der Waals surface area (Å²) in [5.74, 6) is 0. The van der Waals surface area contributed by atoms with Crippen LogP contribution >= 0.6 is 0 Å². The quantitative estimate of drug-likeness (QED) is 0.861. The molecule has 0 unspecified atom stereocenters. The predicted molar refractivity (Wildman–Crippen MR) is 69.8 cm³/mol. The standard InChI is InChI=1S/C14H23N3/c1-2-8-16(7-1)11-13-5-6-14(15-13)12-17-9-3-4-10-17/h5-6,15H,1-4,7-12H2. The molecule has 3 heteroatoms. The molecule has 2 aliphatic heterocycles. The molecule has 0 saturated carbocycles. The first-order chi connectivity index (χ1) is 8.40. The molecule has 3 heterocycles. The van der Waals surface area contributed by atoms with Gasteiger partial charge in [0.05, 0.1) is 0 Å². The van der Waals surface area contributed by atoms with Gasteiger partial charge in [0.1, 0.15) is 0 Å². The summed E-state index contributed by atoms with van der Waals surface area (Å²) < 4.78 is 0. The SMILES string of the molecule is c1cc(CN2CCCC2)[nH]c1CN1CCCC1. The van der Waals surface area contributed by atoms with Crippen LogP contribution in [0.5, 0.6) is 0 Å². The van der Waals surface area contributed by atoms with Gasteiger partial charge in [-0.25, -0.2) is 0 Å². The van der Waals surface area contributed by atoms with E-state index in [1.54, 1.807) is 0 Å². The molecule has 0 aromatic carbocycles. The number of aromatic amines is 1. The lowest BCUT2D eigenvalue weighted by Crippen LogP contribution is -2.20. The molecule has 0 atom stereocenters. The van der Waals surface area contributed by atoms with E-state index in [2.05, 4.69) is 26.9 Å². The van der Waals surface area contributed by atoms with Crippen molar-refractivity contribution in [3.05, 3.63) is 23.5 Å². The van der Waals surface area contributed by atoms with Gasteiger partial charge in [0.25, 0.3) is 0 Å². The molecule has 3 rings (SSSR count). The van der Waals surface area contributed by atoms with Gasteiger partial charge < -0.3 is 4.98 Å². The second-order valence-electron chi connectivity index (χ2n) is 5.48. The number of likely N-dealkylation sites (tertiary alicyclic amines) is 2. The maximum absolute atomic E-state index is 3.58. The van der Waals surface area contributed by atoms with Crippen molar-refractivity contribution < 1.29 is 0 Å². The number of hydrogen-bond donors (Lipinski definition) is 1. The molecule has 2 aliphatic rings.